The normalized spacial score (nSPS) is 12.4. The van der Waals surface area contributed by atoms with Gasteiger partial charge in [-0.25, -0.2) is 14.2 Å². The van der Waals surface area contributed by atoms with Crippen molar-refractivity contribution in [1.82, 2.24) is 14.1 Å². The molecule has 1 aliphatic heterocycles. The minimum absolute atomic E-state index is 0.0456. The van der Waals surface area contributed by atoms with Gasteiger partial charge in [-0.3, -0.25) is 13.9 Å². The third kappa shape index (κ3) is 3.12. The summed E-state index contributed by atoms with van der Waals surface area (Å²) in [4.78, 5) is 30.5. The van der Waals surface area contributed by atoms with E-state index in [1.807, 2.05) is 0 Å². The van der Waals surface area contributed by atoms with Gasteiger partial charge < -0.3 is 9.47 Å². The van der Waals surface area contributed by atoms with Crippen LogP contribution >= 0.6 is 0 Å². The van der Waals surface area contributed by atoms with Crippen LogP contribution in [0.3, 0.4) is 0 Å². The van der Waals surface area contributed by atoms with Crippen LogP contribution in [0, 0.1) is 5.82 Å². The van der Waals surface area contributed by atoms with Gasteiger partial charge in [-0.05, 0) is 47.5 Å². The van der Waals surface area contributed by atoms with Gasteiger partial charge in [-0.2, -0.15) is 0 Å². The second-order valence-corrected chi connectivity index (χ2v) is 6.95. The number of hydrogen-bond acceptors (Lipinski definition) is 5. The summed E-state index contributed by atoms with van der Waals surface area (Å²) in [5.74, 6) is 0.797. The molecular weight excluding hydrogens is 389 g/mol. The summed E-state index contributed by atoms with van der Waals surface area (Å²) in [6.07, 6.45) is 1.51. The molecule has 0 atom stereocenters. The van der Waals surface area contributed by atoms with Crippen molar-refractivity contribution >= 4 is 11.0 Å². The summed E-state index contributed by atoms with van der Waals surface area (Å²) in [5, 5.41) is 0. The lowest BCUT2D eigenvalue weighted by atomic mass is 10.2. The van der Waals surface area contributed by atoms with Crippen molar-refractivity contribution in [3.63, 3.8) is 0 Å². The van der Waals surface area contributed by atoms with E-state index in [-0.39, 0.29) is 25.4 Å². The summed E-state index contributed by atoms with van der Waals surface area (Å²) in [7, 11) is 0. The van der Waals surface area contributed by atoms with Gasteiger partial charge >= 0.3 is 5.69 Å². The van der Waals surface area contributed by atoms with E-state index in [4.69, 9.17) is 9.47 Å². The fraction of sp³-hybridized carbons (Fsp3) is 0.136. The molecule has 1 aliphatic rings. The molecule has 2 aromatic carbocycles. The predicted octanol–water partition coefficient (Wildman–Crippen LogP) is 2.52. The van der Waals surface area contributed by atoms with Gasteiger partial charge in [0.25, 0.3) is 5.56 Å². The smallest absolute Gasteiger partial charge is 0.332 e. The molecule has 0 radical (unpaired) electrons. The highest BCUT2D eigenvalue weighted by Gasteiger charge is 2.17. The van der Waals surface area contributed by atoms with Crippen LogP contribution in [0.5, 0.6) is 11.5 Å². The quantitative estimate of drug-likeness (QED) is 0.522. The maximum atomic E-state index is 13.6. The maximum absolute atomic E-state index is 13.6. The minimum Gasteiger partial charge on any atom is -0.454 e. The summed E-state index contributed by atoms with van der Waals surface area (Å²) in [6, 6.07) is 14.6. The highest BCUT2D eigenvalue weighted by molar-refractivity contribution is 5.73. The number of aromatic nitrogens is 3. The van der Waals surface area contributed by atoms with Gasteiger partial charge in [-0.1, -0.05) is 18.2 Å². The maximum Gasteiger partial charge on any atom is 0.332 e. The Kier molecular flexibility index (Phi) is 4.31. The molecule has 0 saturated heterocycles. The van der Waals surface area contributed by atoms with E-state index in [0.717, 1.165) is 4.57 Å². The minimum atomic E-state index is -0.498. The van der Waals surface area contributed by atoms with Crippen molar-refractivity contribution in [1.29, 1.82) is 0 Å². The molecule has 0 unspecified atom stereocenters. The first kappa shape index (κ1) is 18.1. The molecule has 4 aromatic rings. The van der Waals surface area contributed by atoms with Gasteiger partial charge in [0.1, 0.15) is 5.82 Å². The monoisotopic (exact) mass is 405 g/mol. The molecular formula is C22H16FN3O4. The van der Waals surface area contributed by atoms with Crippen molar-refractivity contribution in [3.8, 4) is 11.5 Å². The largest absolute Gasteiger partial charge is 0.454 e. The Morgan fingerprint density at radius 2 is 1.70 bits per heavy atom. The van der Waals surface area contributed by atoms with Crippen LogP contribution in [-0.2, 0) is 13.1 Å². The molecule has 0 amide bonds. The molecule has 0 fully saturated rings. The van der Waals surface area contributed by atoms with Crippen molar-refractivity contribution in [2.24, 2.45) is 0 Å². The average Bonchev–Trinajstić information content (AvgIpc) is 3.22. The molecule has 150 valence electrons. The van der Waals surface area contributed by atoms with E-state index in [2.05, 4.69) is 4.98 Å². The molecule has 3 heterocycles. The third-order valence-corrected chi connectivity index (χ3v) is 4.99. The Morgan fingerprint density at radius 3 is 2.57 bits per heavy atom. The lowest BCUT2D eigenvalue weighted by molar-refractivity contribution is 0.174. The second-order valence-electron chi connectivity index (χ2n) is 6.95. The number of pyridine rings is 1. The van der Waals surface area contributed by atoms with Crippen LogP contribution in [-0.4, -0.2) is 20.9 Å². The van der Waals surface area contributed by atoms with E-state index >= 15 is 0 Å². The molecule has 0 bridgehead atoms. The Hall–Kier alpha value is -3.94. The Labute approximate surface area is 169 Å². The fourth-order valence-corrected chi connectivity index (χ4v) is 3.57. The molecule has 5 rings (SSSR count). The molecule has 0 spiro atoms. The Balaban J connectivity index is 1.65. The zero-order valence-electron chi connectivity index (χ0n) is 15.7. The predicted molar refractivity (Wildman–Crippen MR) is 107 cm³/mol. The zero-order valence-corrected chi connectivity index (χ0v) is 15.7. The summed E-state index contributed by atoms with van der Waals surface area (Å²) in [5.41, 5.74) is 0.917. The summed E-state index contributed by atoms with van der Waals surface area (Å²) >= 11 is 0. The number of fused-ring (bicyclic) bond motifs is 2. The molecule has 2 aromatic heterocycles. The molecule has 30 heavy (non-hydrogen) atoms. The molecule has 8 heteroatoms. The van der Waals surface area contributed by atoms with E-state index in [9.17, 15) is 14.0 Å². The van der Waals surface area contributed by atoms with Crippen LogP contribution in [0.4, 0.5) is 4.39 Å². The number of ether oxygens (including phenoxy) is 2. The van der Waals surface area contributed by atoms with E-state index in [0.29, 0.717) is 28.1 Å². The lowest BCUT2D eigenvalue weighted by Crippen LogP contribution is -2.40. The number of hydrogen-bond donors (Lipinski definition) is 0. The van der Waals surface area contributed by atoms with Crippen LogP contribution in [0.2, 0.25) is 0 Å². The van der Waals surface area contributed by atoms with E-state index in [1.54, 1.807) is 42.5 Å². The first-order valence-electron chi connectivity index (χ1n) is 9.31. The Bertz CT molecular complexity index is 1390. The SMILES string of the molecule is O=c1c2ncccc2n(Cc2cccc(F)c2)c(=O)n1Cc1ccc2c(c1)OCO2. The van der Waals surface area contributed by atoms with Gasteiger partial charge in [-0.15, -0.1) is 0 Å². The molecule has 0 saturated carbocycles. The highest BCUT2D eigenvalue weighted by atomic mass is 19.1. The van der Waals surface area contributed by atoms with Crippen LogP contribution in [0.1, 0.15) is 11.1 Å². The molecule has 0 aliphatic carbocycles. The first-order chi connectivity index (χ1) is 14.6. The van der Waals surface area contributed by atoms with Crippen molar-refractivity contribution in [3.05, 3.63) is 98.6 Å². The van der Waals surface area contributed by atoms with Gasteiger partial charge in [0, 0.05) is 6.20 Å². The lowest BCUT2D eigenvalue weighted by Gasteiger charge is -2.14. The van der Waals surface area contributed by atoms with Crippen LogP contribution in [0.15, 0.2) is 70.4 Å². The fourth-order valence-electron chi connectivity index (χ4n) is 3.57. The van der Waals surface area contributed by atoms with Gasteiger partial charge in [0.05, 0.1) is 18.6 Å². The van der Waals surface area contributed by atoms with Crippen LogP contribution in [0.25, 0.3) is 11.0 Å². The molecule has 7 nitrogen and oxygen atoms in total. The van der Waals surface area contributed by atoms with Gasteiger partial charge in [0.15, 0.2) is 17.0 Å². The van der Waals surface area contributed by atoms with E-state index < -0.39 is 17.1 Å². The van der Waals surface area contributed by atoms with E-state index in [1.165, 1.54) is 22.9 Å². The second kappa shape index (κ2) is 7.14. The van der Waals surface area contributed by atoms with Crippen molar-refractivity contribution < 1.29 is 13.9 Å². The zero-order chi connectivity index (χ0) is 20.7. The van der Waals surface area contributed by atoms with Crippen LogP contribution < -0.4 is 20.7 Å². The number of benzene rings is 2. The number of nitrogens with zero attached hydrogens (tertiary/aromatic N) is 3. The standard InChI is InChI=1S/C22H16FN3O4/c23-16-4-1-3-14(9-16)11-25-17-5-2-8-24-20(17)21(27)26(22(25)28)12-15-6-7-18-19(10-15)30-13-29-18/h1-10H,11-13H2. The Morgan fingerprint density at radius 1 is 0.900 bits per heavy atom. The topological polar surface area (TPSA) is 75.4 Å². The molecule has 0 N–H and O–H groups in total. The van der Waals surface area contributed by atoms with Crippen molar-refractivity contribution in [2.45, 2.75) is 13.1 Å². The number of rotatable bonds is 4. The highest BCUT2D eigenvalue weighted by Crippen LogP contribution is 2.32. The average molecular weight is 405 g/mol. The number of halogens is 1. The summed E-state index contributed by atoms with van der Waals surface area (Å²) in [6.45, 7) is 0.295. The first-order valence-corrected chi connectivity index (χ1v) is 9.31. The summed E-state index contributed by atoms with van der Waals surface area (Å²) < 4.78 is 26.9. The van der Waals surface area contributed by atoms with Gasteiger partial charge in [0.2, 0.25) is 6.79 Å². The van der Waals surface area contributed by atoms with Crippen molar-refractivity contribution in [2.75, 3.05) is 6.79 Å². The third-order valence-electron chi connectivity index (χ3n) is 4.99.